The van der Waals surface area contributed by atoms with Gasteiger partial charge in [0.2, 0.25) is 0 Å². The smallest absolute Gasteiger partial charge is 0.259 e. The normalized spacial score (nSPS) is 10.4. The molecule has 2 rings (SSSR count). The lowest BCUT2D eigenvalue weighted by molar-refractivity contribution is 0.0750. The first-order valence-corrected chi connectivity index (χ1v) is 6.74. The van der Waals surface area contributed by atoms with Crippen molar-refractivity contribution in [1.29, 1.82) is 0 Å². The Labute approximate surface area is 122 Å². The maximum Gasteiger partial charge on any atom is 0.259 e. The molecule has 21 heavy (non-hydrogen) atoms. The second-order valence-electron chi connectivity index (χ2n) is 4.84. The topological polar surface area (TPSA) is 53.2 Å². The molecule has 0 saturated carbocycles. The van der Waals surface area contributed by atoms with Crippen LogP contribution < -0.4 is 5.43 Å². The predicted molar refractivity (Wildman–Crippen MR) is 78.6 cm³/mol. The zero-order valence-electron chi connectivity index (χ0n) is 12.0. The zero-order valence-corrected chi connectivity index (χ0v) is 12.0. The number of aromatic nitrogens is 1. The van der Waals surface area contributed by atoms with Gasteiger partial charge in [0, 0.05) is 31.0 Å². The Kier molecular flexibility index (Phi) is 4.52. The number of amides is 1. The highest BCUT2D eigenvalue weighted by atomic mass is 19.1. The Morgan fingerprint density at radius 2 is 2.10 bits per heavy atom. The lowest BCUT2D eigenvalue weighted by Crippen LogP contribution is -2.33. The first-order valence-electron chi connectivity index (χ1n) is 6.74. The van der Waals surface area contributed by atoms with Crippen LogP contribution in [0.2, 0.25) is 0 Å². The van der Waals surface area contributed by atoms with Gasteiger partial charge >= 0.3 is 0 Å². The number of carbonyl (C=O) groups is 1. The Morgan fingerprint density at radius 3 is 2.71 bits per heavy atom. The zero-order chi connectivity index (χ0) is 15.4. The summed E-state index contributed by atoms with van der Waals surface area (Å²) in [6.07, 6.45) is 1.42. The molecule has 0 spiro atoms. The van der Waals surface area contributed by atoms with Crippen LogP contribution >= 0.6 is 0 Å². The fraction of sp³-hybridized carbons (Fsp3) is 0.250. The summed E-state index contributed by atoms with van der Waals surface area (Å²) in [7, 11) is 0. The van der Waals surface area contributed by atoms with Gasteiger partial charge < -0.3 is 9.88 Å². The van der Waals surface area contributed by atoms with Crippen molar-refractivity contribution in [3.05, 3.63) is 69.4 Å². The van der Waals surface area contributed by atoms with Crippen molar-refractivity contribution in [2.75, 3.05) is 6.54 Å². The second kappa shape index (κ2) is 6.35. The standard InChI is InChI=1S/C16H17FN2O2/c1-3-19(10-12-5-4-6-13(17)8-12)16(21)14-9-18-11(2)7-15(14)20/h4-9H,3,10H2,1-2H3,(H,18,20). The van der Waals surface area contributed by atoms with E-state index in [2.05, 4.69) is 4.98 Å². The molecule has 5 heteroatoms. The number of carbonyl (C=O) groups excluding carboxylic acids is 1. The van der Waals surface area contributed by atoms with Gasteiger partial charge in [-0.05, 0) is 31.5 Å². The largest absolute Gasteiger partial charge is 0.364 e. The minimum absolute atomic E-state index is 0.0962. The van der Waals surface area contributed by atoms with Crippen molar-refractivity contribution >= 4 is 5.91 Å². The van der Waals surface area contributed by atoms with E-state index in [1.165, 1.54) is 29.3 Å². The van der Waals surface area contributed by atoms with E-state index in [1.807, 2.05) is 6.92 Å². The maximum absolute atomic E-state index is 13.2. The molecule has 0 aliphatic carbocycles. The Morgan fingerprint density at radius 1 is 1.33 bits per heavy atom. The van der Waals surface area contributed by atoms with E-state index in [0.717, 1.165) is 0 Å². The highest BCUT2D eigenvalue weighted by Crippen LogP contribution is 2.09. The van der Waals surface area contributed by atoms with Gasteiger partial charge in [-0.25, -0.2) is 4.39 Å². The molecule has 0 fully saturated rings. The van der Waals surface area contributed by atoms with E-state index in [0.29, 0.717) is 17.8 Å². The summed E-state index contributed by atoms with van der Waals surface area (Å²) in [5.41, 5.74) is 1.17. The molecule has 1 aromatic carbocycles. The molecule has 110 valence electrons. The molecule has 0 radical (unpaired) electrons. The minimum atomic E-state index is -0.358. The summed E-state index contributed by atoms with van der Waals surface area (Å²) in [4.78, 5) is 28.7. The van der Waals surface area contributed by atoms with Crippen LogP contribution in [0.1, 0.15) is 28.5 Å². The molecule has 2 aromatic rings. The number of aromatic amines is 1. The molecule has 4 nitrogen and oxygen atoms in total. The minimum Gasteiger partial charge on any atom is -0.364 e. The third-order valence-corrected chi connectivity index (χ3v) is 3.22. The summed E-state index contributed by atoms with van der Waals surface area (Å²) in [5, 5.41) is 0. The number of halogens is 1. The maximum atomic E-state index is 13.2. The lowest BCUT2D eigenvalue weighted by atomic mass is 10.1. The quantitative estimate of drug-likeness (QED) is 0.939. The number of hydrogen-bond donors (Lipinski definition) is 1. The second-order valence-corrected chi connectivity index (χ2v) is 4.84. The molecule has 0 aliphatic rings. The molecular formula is C16H17FN2O2. The van der Waals surface area contributed by atoms with Crippen LogP contribution in [0.5, 0.6) is 0 Å². The molecule has 1 aromatic heterocycles. The van der Waals surface area contributed by atoms with E-state index in [-0.39, 0.29) is 29.3 Å². The highest BCUT2D eigenvalue weighted by Gasteiger charge is 2.17. The Hall–Kier alpha value is -2.43. The molecule has 0 saturated heterocycles. The van der Waals surface area contributed by atoms with E-state index in [9.17, 15) is 14.0 Å². The van der Waals surface area contributed by atoms with Crippen LogP contribution in [0, 0.1) is 12.7 Å². The fourth-order valence-electron chi connectivity index (χ4n) is 2.09. The van der Waals surface area contributed by atoms with Crippen molar-refractivity contribution in [3.63, 3.8) is 0 Å². The highest BCUT2D eigenvalue weighted by molar-refractivity contribution is 5.93. The first kappa shape index (κ1) is 15.0. The molecule has 1 amide bonds. The third kappa shape index (κ3) is 3.56. The van der Waals surface area contributed by atoms with E-state index >= 15 is 0 Å². The summed E-state index contributed by atoms with van der Waals surface area (Å²) in [6.45, 7) is 4.27. The summed E-state index contributed by atoms with van der Waals surface area (Å²) < 4.78 is 13.2. The molecule has 1 heterocycles. The van der Waals surface area contributed by atoms with Crippen molar-refractivity contribution in [3.8, 4) is 0 Å². The van der Waals surface area contributed by atoms with Crippen LogP contribution in [0.4, 0.5) is 4.39 Å². The lowest BCUT2D eigenvalue weighted by Gasteiger charge is -2.20. The van der Waals surface area contributed by atoms with E-state index in [1.54, 1.807) is 19.1 Å². The van der Waals surface area contributed by atoms with Crippen molar-refractivity contribution in [1.82, 2.24) is 9.88 Å². The molecule has 0 aliphatic heterocycles. The van der Waals surface area contributed by atoms with Crippen molar-refractivity contribution < 1.29 is 9.18 Å². The van der Waals surface area contributed by atoms with Gasteiger partial charge in [-0.2, -0.15) is 0 Å². The number of hydrogen-bond acceptors (Lipinski definition) is 2. The van der Waals surface area contributed by atoms with Crippen LogP contribution in [-0.2, 0) is 6.54 Å². The summed E-state index contributed by atoms with van der Waals surface area (Å²) in [5.74, 6) is -0.702. The monoisotopic (exact) mass is 288 g/mol. The number of H-pyrrole nitrogens is 1. The third-order valence-electron chi connectivity index (χ3n) is 3.22. The Balaban J connectivity index is 2.24. The summed E-state index contributed by atoms with van der Waals surface area (Å²) >= 11 is 0. The SMILES string of the molecule is CCN(Cc1cccc(F)c1)C(=O)c1c[nH]c(C)cc1=O. The first-order chi connectivity index (χ1) is 10.0. The van der Waals surface area contributed by atoms with E-state index in [4.69, 9.17) is 0 Å². The van der Waals surface area contributed by atoms with E-state index < -0.39 is 0 Å². The number of aryl methyl sites for hydroxylation is 1. The average molecular weight is 288 g/mol. The summed E-state index contributed by atoms with van der Waals surface area (Å²) in [6, 6.07) is 7.48. The average Bonchev–Trinajstić information content (AvgIpc) is 2.44. The van der Waals surface area contributed by atoms with Crippen molar-refractivity contribution in [2.24, 2.45) is 0 Å². The predicted octanol–water partition coefficient (Wildman–Crippen LogP) is 2.48. The van der Waals surface area contributed by atoms with Crippen LogP contribution in [0.15, 0.2) is 41.3 Å². The van der Waals surface area contributed by atoms with Gasteiger partial charge in [-0.15, -0.1) is 0 Å². The number of rotatable bonds is 4. The van der Waals surface area contributed by atoms with Gasteiger partial charge in [0.15, 0.2) is 5.43 Å². The number of pyridine rings is 1. The molecular weight excluding hydrogens is 271 g/mol. The van der Waals surface area contributed by atoms with Gasteiger partial charge in [-0.3, -0.25) is 9.59 Å². The van der Waals surface area contributed by atoms with Gasteiger partial charge in [0.05, 0.1) is 0 Å². The molecule has 1 N–H and O–H groups in total. The molecule has 0 bridgehead atoms. The van der Waals surface area contributed by atoms with Gasteiger partial charge in [-0.1, -0.05) is 12.1 Å². The number of benzene rings is 1. The number of nitrogens with one attached hydrogen (secondary N) is 1. The van der Waals surface area contributed by atoms with Gasteiger partial charge in [0.1, 0.15) is 11.4 Å². The molecule has 0 atom stereocenters. The van der Waals surface area contributed by atoms with Gasteiger partial charge in [0.25, 0.3) is 5.91 Å². The van der Waals surface area contributed by atoms with Crippen LogP contribution in [0.3, 0.4) is 0 Å². The van der Waals surface area contributed by atoms with Crippen LogP contribution in [-0.4, -0.2) is 22.3 Å². The Bertz CT molecular complexity index is 709. The van der Waals surface area contributed by atoms with Crippen LogP contribution in [0.25, 0.3) is 0 Å². The molecule has 0 unspecified atom stereocenters. The van der Waals surface area contributed by atoms with Crippen molar-refractivity contribution in [2.45, 2.75) is 20.4 Å². The fourth-order valence-corrected chi connectivity index (χ4v) is 2.09. The number of nitrogens with zero attached hydrogens (tertiary/aromatic N) is 1.